The predicted molar refractivity (Wildman–Crippen MR) is 119 cm³/mol. The van der Waals surface area contributed by atoms with E-state index in [4.69, 9.17) is 26.8 Å². The number of hydrogen-bond donors (Lipinski definition) is 1. The number of nitrogens with zero attached hydrogens (tertiary/aromatic N) is 3. The number of esters is 1. The van der Waals surface area contributed by atoms with E-state index in [2.05, 4.69) is 4.98 Å². The first kappa shape index (κ1) is 21.7. The SMILES string of the molecule is COC(=O)C1=C(N)Oc2cc(C)n(CCCn3ccnc3)c(=O)c2[C@@H]1c1cccc(Cl)c1. The molecule has 0 spiro atoms. The highest BCUT2D eigenvalue weighted by atomic mass is 35.5. The lowest BCUT2D eigenvalue weighted by molar-refractivity contribution is -0.136. The summed E-state index contributed by atoms with van der Waals surface area (Å²) in [5, 5.41) is 0.478. The fourth-order valence-electron chi connectivity index (χ4n) is 4.02. The Balaban J connectivity index is 1.81. The average molecular weight is 455 g/mol. The van der Waals surface area contributed by atoms with Gasteiger partial charge in [0, 0.05) is 42.3 Å². The number of halogens is 1. The first-order valence-corrected chi connectivity index (χ1v) is 10.5. The number of benzene rings is 1. The Morgan fingerprint density at radius 1 is 1.31 bits per heavy atom. The molecule has 32 heavy (non-hydrogen) atoms. The first-order valence-electron chi connectivity index (χ1n) is 10.1. The molecule has 2 aromatic heterocycles. The van der Waals surface area contributed by atoms with Crippen molar-refractivity contribution in [2.45, 2.75) is 32.4 Å². The van der Waals surface area contributed by atoms with Crippen LogP contribution in [-0.4, -0.2) is 27.2 Å². The molecule has 3 heterocycles. The molecule has 1 aromatic carbocycles. The van der Waals surface area contributed by atoms with Gasteiger partial charge in [-0.2, -0.15) is 0 Å². The number of fused-ring (bicyclic) bond motifs is 1. The Bertz CT molecular complexity index is 1250. The number of carbonyl (C=O) groups is 1. The molecule has 1 aliphatic heterocycles. The maximum absolute atomic E-state index is 13.7. The molecule has 0 bridgehead atoms. The Morgan fingerprint density at radius 3 is 2.81 bits per heavy atom. The zero-order valence-corrected chi connectivity index (χ0v) is 18.5. The molecule has 1 aliphatic rings. The summed E-state index contributed by atoms with van der Waals surface area (Å²) in [7, 11) is 1.26. The number of pyridine rings is 1. The van der Waals surface area contributed by atoms with Crippen molar-refractivity contribution in [2.24, 2.45) is 5.73 Å². The number of carbonyl (C=O) groups excluding carboxylic acids is 1. The minimum atomic E-state index is -0.766. The normalized spacial score (nSPS) is 15.3. The second-order valence-electron chi connectivity index (χ2n) is 7.53. The second-order valence-corrected chi connectivity index (χ2v) is 7.97. The molecule has 0 amide bonds. The number of aryl methyl sites for hydroxylation is 2. The van der Waals surface area contributed by atoms with E-state index in [0.717, 1.165) is 18.7 Å². The van der Waals surface area contributed by atoms with Crippen molar-refractivity contribution in [1.82, 2.24) is 14.1 Å². The van der Waals surface area contributed by atoms with Gasteiger partial charge in [-0.15, -0.1) is 0 Å². The zero-order valence-electron chi connectivity index (χ0n) is 17.7. The summed E-state index contributed by atoms with van der Waals surface area (Å²) in [6, 6.07) is 8.76. The van der Waals surface area contributed by atoms with Crippen LogP contribution >= 0.6 is 11.6 Å². The predicted octanol–water partition coefficient (Wildman–Crippen LogP) is 2.96. The lowest BCUT2D eigenvalue weighted by Crippen LogP contribution is -2.35. The number of imidazole rings is 1. The summed E-state index contributed by atoms with van der Waals surface area (Å²) >= 11 is 6.22. The van der Waals surface area contributed by atoms with Gasteiger partial charge in [-0.3, -0.25) is 4.79 Å². The molecule has 0 saturated carbocycles. The fraction of sp³-hybridized carbons (Fsp3) is 0.261. The van der Waals surface area contributed by atoms with E-state index in [1.165, 1.54) is 7.11 Å². The van der Waals surface area contributed by atoms with Crippen molar-refractivity contribution in [3.8, 4) is 5.75 Å². The van der Waals surface area contributed by atoms with Gasteiger partial charge in [0.25, 0.3) is 5.56 Å². The summed E-state index contributed by atoms with van der Waals surface area (Å²) in [4.78, 5) is 30.3. The third kappa shape index (κ3) is 4.01. The first-order chi connectivity index (χ1) is 15.4. The fourth-order valence-corrected chi connectivity index (χ4v) is 4.22. The van der Waals surface area contributed by atoms with Crippen LogP contribution in [0.1, 0.15) is 29.2 Å². The molecule has 1 atom stereocenters. The number of nitrogens with two attached hydrogens (primary N) is 1. The molecular formula is C23H23ClN4O4. The lowest BCUT2D eigenvalue weighted by atomic mass is 9.83. The van der Waals surface area contributed by atoms with E-state index in [9.17, 15) is 9.59 Å². The number of rotatable bonds is 6. The van der Waals surface area contributed by atoms with Crippen LogP contribution in [-0.2, 0) is 22.6 Å². The summed E-state index contributed by atoms with van der Waals surface area (Å²) in [5.41, 5.74) is 7.66. The third-order valence-corrected chi connectivity index (χ3v) is 5.75. The molecule has 0 aliphatic carbocycles. The maximum Gasteiger partial charge on any atom is 0.340 e. The Morgan fingerprint density at radius 2 is 2.12 bits per heavy atom. The minimum Gasteiger partial charge on any atom is -0.465 e. The van der Waals surface area contributed by atoms with Crippen LogP contribution in [0.3, 0.4) is 0 Å². The van der Waals surface area contributed by atoms with Gasteiger partial charge in [-0.25, -0.2) is 9.78 Å². The van der Waals surface area contributed by atoms with Crippen molar-refractivity contribution < 1.29 is 14.3 Å². The molecular weight excluding hydrogens is 432 g/mol. The summed E-state index contributed by atoms with van der Waals surface area (Å²) < 4.78 is 14.3. The van der Waals surface area contributed by atoms with Gasteiger partial charge in [0.15, 0.2) is 0 Å². The maximum atomic E-state index is 13.7. The highest BCUT2D eigenvalue weighted by Gasteiger charge is 2.38. The van der Waals surface area contributed by atoms with Crippen molar-refractivity contribution in [1.29, 1.82) is 0 Å². The van der Waals surface area contributed by atoms with E-state index in [1.54, 1.807) is 47.4 Å². The van der Waals surface area contributed by atoms with Crippen molar-refractivity contribution in [3.63, 3.8) is 0 Å². The molecule has 2 N–H and O–H groups in total. The van der Waals surface area contributed by atoms with Gasteiger partial charge in [0.05, 0.1) is 24.9 Å². The van der Waals surface area contributed by atoms with Crippen LogP contribution in [0.15, 0.2) is 65.3 Å². The van der Waals surface area contributed by atoms with Gasteiger partial charge in [0.2, 0.25) is 5.88 Å². The number of methoxy groups -OCH3 is 1. The molecule has 0 saturated heterocycles. The molecule has 0 unspecified atom stereocenters. The van der Waals surface area contributed by atoms with Gasteiger partial charge < -0.3 is 24.3 Å². The van der Waals surface area contributed by atoms with E-state index >= 15 is 0 Å². The standard InChI is InChI=1S/C23H23ClN4O4/c1-14-11-17-19(22(29)28(14)9-4-8-27-10-7-26-13-27)18(15-5-3-6-16(24)12-15)20(21(25)32-17)23(30)31-2/h3,5-7,10-13,18H,4,8-9,25H2,1-2H3/t18-/m0/s1. The molecule has 9 heteroatoms. The molecule has 3 aromatic rings. The summed E-state index contributed by atoms with van der Waals surface area (Å²) in [5.74, 6) is -1.19. The van der Waals surface area contributed by atoms with E-state index in [0.29, 0.717) is 28.4 Å². The number of ether oxygens (including phenoxy) is 2. The average Bonchev–Trinajstić information content (AvgIpc) is 3.28. The van der Waals surface area contributed by atoms with Gasteiger partial charge in [-0.1, -0.05) is 23.7 Å². The van der Waals surface area contributed by atoms with Crippen molar-refractivity contribution in [3.05, 3.63) is 92.7 Å². The summed E-state index contributed by atoms with van der Waals surface area (Å²) in [6.07, 6.45) is 6.05. The van der Waals surface area contributed by atoms with Crippen molar-refractivity contribution in [2.75, 3.05) is 7.11 Å². The second kappa shape index (κ2) is 8.92. The van der Waals surface area contributed by atoms with Crippen LogP contribution in [0.2, 0.25) is 5.02 Å². The minimum absolute atomic E-state index is 0.0770. The molecule has 8 nitrogen and oxygen atoms in total. The monoisotopic (exact) mass is 454 g/mol. The molecule has 0 fully saturated rings. The number of aromatic nitrogens is 3. The molecule has 0 radical (unpaired) electrons. The Kier molecular flexibility index (Phi) is 6.05. The van der Waals surface area contributed by atoms with Gasteiger partial charge >= 0.3 is 5.97 Å². The molecule has 4 rings (SSSR count). The topological polar surface area (TPSA) is 101 Å². The van der Waals surface area contributed by atoms with Gasteiger partial charge in [-0.05, 0) is 31.0 Å². The third-order valence-electron chi connectivity index (χ3n) is 5.51. The largest absolute Gasteiger partial charge is 0.465 e. The highest BCUT2D eigenvalue weighted by Crippen LogP contribution is 2.41. The van der Waals surface area contributed by atoms with E-state index in [1.807, 2.05) is 17.7 Å². The quantitative estimate of drug-likeness (QED) is 0.574. The van der Waals surface area contributed by atoms with Crippen LogP contribution in [0, 0.1) is 6.92 Å². The van der Waals surface area contributed by atoms with Crippen LogP contribution in [0.4, 0.5) is 0 Å². The Labute approximate surface area is 189 Å². The van der Waals surface area contributed by atoms with Crippen LogP contribution in [0.5, 0.6) is 5.75 Å². The zero-order chi connectivity index (χ0) is 22.8. The van der Waals surface area contributed by atoms with E-state index in [-0.39, 0.29) is 17.0 Å². The smallest absolute Gasteiger partial charge is 0.340 e. The Hall–Kier alpha value is -3.52. The van der Waals surface area contributed by atoms with Crippen LogP contribution < -0.4 is 16.0 Å². The lowest BCUT2D eigenvalue weighted by Gasteiger charge is -2.29. The van der Waals surface area contributed by atoms with E-state index < -0.39 is 11.9 Å². The highest BCUT2D eigenvalue weighted by molar-refractivity contribution is 6.30. The van der Waals surface area contributed by atoms with Crippen molar-refractivity contribution >= 4 is 17.6 Å². The van der Waals surface area contributed by atoms with Crippen LogP contribution in [0.25, 0.3) is 0 Å². The summed E-state index contributed by atoms with van der Waals surface area (Å²) in [6.45, 7) is 3.05. The molecule has 166 valence electrons. The number of hydrogen-bond acceptors (Lipinski definition) is 6. The van der Waals surface area contributed by atoms with Gasteiger partial charge in [0.1, 0.15) is 11.3 Å².